The van der Waals surface area contributed by atoms with E-state index in [1.54, 1.807) is 0 Å². The summed E-state index contributed by atoms with van der Waals surface area (Å²) in [5.41, 5.74) is 1.13. The van der Waals surface area contributed by atoms with E-state index in [9.17, 15) is 9.90 Å². The first-order valence-corrected chi connectivity index (χ1v) is 8.39. The number of aliphatic hydroxyl groups is 1. The van der Waals surface area contributed by atoms with Gasteiger partial charge in [-0.3, -0.25) is 9.69 Å². The van der Waals surface area contributed by atoms with E-state index in [1.165, 1.54) is 0 Å². The number of ether oxygens (including phenoxy) is 2. The SMILES string of the molecule is CN(CCOC(=O)CCl)[C@H]1C[C@H](OCc2ccccc2)C[C@@H]1O. The predicted octanol–water partition coefficient (Wildman–Crippen LogP) is 1.81. The van der Waals surface area contributed by atoms with Gasteiger partial charge in [-0.2, -0.15) is 0 Å². The van der Waals surface area contributed by atoms with Crippen LogP contribution >= 0.6 is 11.6 Å². The number of likely N-dealkylation sites (N-methyl/N-ethyl adjacent to an activating group) is 1. The highest BCUT2D eigenvalue weighted by molar-refractivity contribution is 6.26. The van der Waals surface area contributed by atoms with Crippen LogP contribution in [0.25, 0.3) is 0 Å². The fraction of sp³-hybridized carbons (Fsp3) is 0.588. The minimum Gasteiger partial charge on any atom is -0.463 e. The maximum Gasteiger partial charge on any atom is 0.320 e. The minimum atomic E-state index is -0.426. The number of benzene rings is 1. The lowest BCUT2D eigenvalue weighted by Gasteiger charge is -2.26. The van der Waals surface area contributed by atoms with E-state index < -0.39 is 12.1 Å². The second-order valence-corrected chi connectivity index (χ2v) is 6.13. The predicted molar refractivity (Wildman–Crippen MR) is 88.4 cm³/mol. The van der Waals surface area contributed by atoms with Crippen LogP contribution in [-0.4, -0.2) is 60.3 Å². The Bertz CT molecular complexity index is 485. The van der Waals surface area contributed by atoms with Crippen LogP contribution < -0.4 is 0 Å². The van der Waals surface area contributed by atoms with Crippen LogP contribution in [0.1, 0.15) is 18.4 Å². The fourth-order valence-corrected chi connectivity index (χ4v) is 2.93. The van der Waals surface area contributed by atoms with Crippen molar-refractivity contribution in [2.24, 2.45) is 0 Å². The highest BCUT2D eigenvalue weighted by atomic mass is 35.5. The first kappa shape index (κ1) is 18.2. The molecule has 128 valence electrons. The monoisotopic (exact) mass is 341 g/mol. The summed E-state index contributed by atoms with van der Waals surface area (Å²) >= 11 is 5.38. The van der Waals surface area contributed by atoms with Gasteiger partial charge in [-0.25, -0.2) is 0 Å². The van der Waals surface area contributed by atoms with Gasteiger partial charge in [0.2, 0.25) is 0 Å². The normalized spacial score (nSPS) is 24.1. The van der Waals surface area contributed by atoms with Crippen molar-refractivity contribution in [3.63, 3.8) is 0 Å². The van der Waals surface area contributed by atoms with Gasteiger partial charge >= 0.3 is 5.97 Å². The molecule has 0 heterocycles. The highest BCUT2D eigenvalue weighted by Gasteiger charge is 2.35. The summed E-state index contributed by atoms with van der Waals surface area (Å²) in [5, 5.41) is 10.2. The third kappa shape index (κ3) is 5.77. The number of halogens is 1. The van der Waals surface area contributed by atoms with Crippen molar-refractivity contribution >= 4 is 17.6 Å². The zero-order chi connectivity index (χ0) is 16.7. The van der Waals surface area contributed by atoms with E-state index in [0.717, 1.165) is 12.0 Å². The molecule has 0 amide bonds. The molecule has 23 heavy (non-hydrogen) atoms. The zero-order valence-electron chi connectivity index (χ0n) is 13.4. The second-order valence-electron chi connectivity index (χ2n) is 5.86. The topological polar surface area (TPSA) is 59.0 Å². The molecule has 0 aromatic heterocycles. The average molecular weight is 342 g/mol. The highest BCUT2D eigenvalue weighted by Crippen LogP contribution is 2.27. The van der Waals surface area contributed by atoms with Crippen molar-refractivity contribution < 1.29 is 19.4 Å². The Morgan fingerprint density at radius 3 is 2.78 bits per heavy atom. The Morgan fingerprint density at radius 2 is 2.09 bits per heavy atom. The van der Waals surface area contributed by atoms with Crippen molar-refractivity contribution in [1.82, 2.24) is 4.90 Å². The van der Waals surface area contributed by atoms with Crippen LogP contribution in [0.2, 0.25) is 0 Å². The van der Waals surface area contributed by atoms with Crippen molar-refractivity contribution in [3.05, 3.63) is 35.9 Å². The number of carbonyl (C=O) groups is 1. The summed E-state index contributed by atoms with van der Waals surface area (Å²) in [5.74, 6) is -0.554. The summed E-state index contributed by atoms with van der Waals surface area (Å²) < 4.78 is 10.9. The molecule has 2 rings (SSSR count). The van der Waals surface area contributed by atoms with Crippen LogP contribution in [0.15, 0.2) is 30.3 Å². The van der Waals surface area contributed by atoms with Gasteiger partial charge in [-0.1, -0.05) is 30.3 Å². The molecule has 0 aliphatic heterocycles. The Labute approximate surface area is 142 Å². The van der Waals surface area contributed by atoms with Gasteiger partial charge < -0.3 is 14.6 Å². The molecule has 1 saturated carbocycles. The smallest absolute Gasteiger partial charge is 0.320 e. The van der Waals surface area contributed by atoms with Gasteiger partial charge in [0, 0.05) is 19.0 Å². The van der Waals surface area contributed by atoms with Crippen molar-refractivity contribution in [3.8, 4) is 0 Å². The number of esters is 1. The van der Waals surface area contributed by atoms with Gasteiger partial charge in [0.1, 0.15) is 12.5 Å². The van der Waals surface area contributed by atoms with Crippen molar-refractivity contribution in [2.75, 3.05) is 26.1 Å². The summed E-state index contributed by atoms with van der Waals surface area (Å²) in [7, 11) is 1.92. The average Bonchev–Trinajstić information content (AvgIpc) is 2.94. The van der Waals surface area contributed by atoms with E-state index in [-0.39, 0.29) is 24.6 Å². The van der Waals surface area contributed by atoms with E-state index in [1.807, 2.05) is 42.3 Å². The van der Waals surface area contributed by atoms with Crippen LogP contribution in [0.4, 0.5) is 0 Å². The van der Waals surface area contributed by atoms with E-state index in [2.05, 4.69) is 0 Å². The van der Waals surface area contributed by atoms with Crippen LogP contribution in [0.3, 0.4) is 0 Å². The van der Waals surface area contributed by atoms with Gasteiger partial charge in [-0.05, 0) is 19.0 Å². The molecule has 5 nitrogen and oxygen atoms in total. The molecule has 6 heteroatoms. The van der Waals surface area contributed by atoms with E-state index in [0.29, 0.717) is 19.6 Å². The van der Waals surface area contributed by atoms with Crippen molar-refractivity contribution in [1.29, 1.82) is 0 Å². The van der Waals surface area contributed by atoms with Gasteiger partial charge in [-0.15, -0.1) is 11.6 Å². The molecule has 1 aliphatic rings. The number of nitrogens with zero attached hydrogens (tertiary/aromatic N) is 1. The second kappa shape index (κ2) is 9.23. The number of hydrogen-bond donors (Lipinski definition) is 1. The quantitative estimate of drug-likeness (QED) is 0.577. The van der Waals surface area contributed by atoms with Gasteiger partial charge in [0.15, 0.2) is 0 Å². The molecule has 1 aliphatic carbocycles. The van der Waals surface area contributed by atoms with Gasteiger partial charge in [0.25, 0.3) is 0 Å². The standard InChI is InChI=1S/C17H24ClNO4/c1-19(7-8-22-17(21)11-18)15-9-14(10-16(15)20)23-12-13-5-3-2-4-6-13/h2-6,14-16,20H,7-12H2,1H3/t14-,15-,16-/m0/s1. The van der Waals surface area contributed by atoms with Crippen LogP contribution in [0, 0.1) is 0 Å². The summed E-state index contributed by atoms with van der Waals surface area (Å²) in [6, 6.07) is 10.0. The third-order valence-corrected chi connectivity index (χ3v) is 4.38. The molecule has 0 spiro atoms. The number of hydrogen-bond acceptors (Lipinski definition) is 5. The molecule has 1 aromatic carbocycles. The molecule has 0 radical (unpaired) electrons. The molecular weight excluding hydrogens is 318 g/mol. The first-order valence-electron chi connectivity index (χ1n) is 7.85. The largest absolute Gasteiger partial charge is 0.463 e. The fourth-order valence-electron chi connectivity index (χ4n) is 2.86. The van der Waals surface area contributed by atoms with Crippen LogP contribution in [-0.2, 0) is 20.9 Å². The lowest BCUT2D eigenvalue weighted by molar-refractivity contribution is -0.141. The molecule has 0 saturated heterocycles. The summed E-state index contributed by atoms with van der Waals surface area (Å²) in [4.78, 5) is 13.0. The van der Waals surface area contributed by atoms with Crippen molar-refractivity contribution in [2.45, 2.75) is 37.7 Å². The zero-order valence-corrected chi connectivity index (χ0v) is 14.1. The molecule has 0 unspecified atom stereocenters. The Morgan fingerprint density at radius 1 is 1.35 bits per heavy atom. The maximum atomic E-state index is 11.0. The molecule has 1 fully saturated rings. The van der Waals surface area contributed by atoms with E-state index in [4.69, 9.17) is 21.1 Å². The van der Waals surface area contributed by atoms with Gasteiger partial charge in [0.05, 0.1) is 18.8 Å². The van der Waals surface area contributed by atoms with Crippen LogP contribution in [0.5, 0.6) is 0 Å². The Balaban J connectivity index is 1.73. The summed E-state index contributed by atoms with van der Waals surface area (Å²) in [6.45, 7) is 1.40. The molecular formula is C17H24ClNO4. The summed E-state index contributed by atoms with van der Waals surface area (Å²) in [6.07, 6.45) is 1.02. The van der Waals surface area contributed by atoms with E-state index >= 15 is 0 Å². The molecule has 1 aromatic rings. The number of carbonyl (C=O) groups excluding carboxylic acids is 1. The lowest BCUT2D eigenvalue weighted by atomic mass is 10.2. The number of aliphatic hydroxyl groups excluding tert-OH is 1. The minimum absolute atomic E-state index is 0.0190. The number of rotatable bonds is 8. The first-order chi connectivity index (χ1) is 11.1. The number of alkyl halides is 1. The lowest BCUT2D eigenvalue weighted by Crippen LogP contribution is -2.39. The Kier molecular flexibility index (Phi) is 7.30. The maximum absolute atomic E-state index is 11.0. The molecule has 1 N–H and O–H groups in total. The molecule has 0 bridgehead atoms. The Hall–Kier alpha value is -1.14. The third-order valence-electron chi connectivity index (χ3n) is 4.16. The molecule has 3 atom stereocenters.